The molecule has 0 N–H and O–H groups in total. The minimum absolute atomic E-state index is 0.0242. The molecule has 3 heterocycles. The fourth-order valence-corrected chi connectivity index (χ4v) is 3.78. The van der Waals surface area contributed by atoms with Crippen LogP contribution in [-0.4, -0.2) is 34.6 Å². The number of ether oxygens (including phenoxy) is 1. The number of carbonyl (C=O) groups excluding carboxylic acids is 1. The van der Waals surface area contributed by atoms with Gasteiger partial charge >= 0.3 is 0 Å². The zero-order chi connectivity index (χ0) is 15.8. The molecule has 1 aromatic carbocycles. The zero-order valence-corrected chi connectivity index (χ0v) is 13.4. The number of nitrogens with zero attached hydrogens (tertiary/aromatic N) is 2. The fraction of sp³-hybridized carbons (Fsp3) is 0.421. The third-order valence-corrected chi connectivity index (χ3v) is 5.07. The largest absolute Gasteiger partial charge is 0.368 e. The Hall–Kier alpha value is -2.07. The van der Waals surface area contributed by atoms with Crippen LogP contribution in [0, 0.1) is 5.92 Å². The maximum absolute atomic E-state index is 13.1. The summed E-state index contributed by atoms with van der Waals surface area (Å²) in [5.41, 5.74) is 2.34. The minimum atomic E-state index is -0.289. The summed E-state index contributed by atoms with van der Waals surface area (Å²) < 4.78 is 7.99. The average Bonchev–Trinajstić information content (AvgIpc) is 3.22. The maximum Gasteiger partial charge on any atom is 0.252 e. The zero-order valence-electron chi connectivity index (χ0n) is 13.4. The third-order valence-electron chi connectivity index (χ3n) is 5.07. The lowest BCUT2D eigenvalue weighted by molar-refractivity contribution is -0.145. The highest BCUT2D eigenvalue weighted by molar-refractivity contribution is 5.82. The van der Waals surface area contributed by atoms with Gasteiger partial charge in [0.05, 0.1) is 6.04 Å². The lowest BCUT2D eigenvalue weighted by Crippen LogP contribution is -2.47. The van der Waals surface area contributed by atoms with Gasteiger partial charge in [-0.25, -0.2) is 0 Å². The molecule has 1 saturated heterocycles. The number of aromatic nitrogens is 1. The predicted molar refractivity (Wildman–Crippen MR) is 88.0 cm³/mol. The van der Waals surface area contributed by atoms with Gasteiger partial charge < -0.3 is 14.2 Å². The second-order valence-electron chi connectivity index (χ2n) is 6.53. The highest BCUT2D eigenvalue weighted by atomic mass is 16.5. The van der Waals surface area contributed by atoms with Crippen LogP contribution in [0.2, 0.25) is 0 Å². The number of carbonyl (C=O) groups is 1. The standard InChI is InChI=1S/C19H22N2O2/c1-14-9-13-23-18(14)19(22)21-12-11-20-10-5-8-16(20)17(21)15-6-3-2-4-7-15/h2-8,10,14,17-18H,9,11-13H2,1H3/t14-,17-,18+/m1/s1. The molecule has 2 aliphatic heterocycles. The summed E-state index contributed by atoms with van der Waals surface area (Å²) in [6.07, 6.45) is 2.78. The van der Waals surface area contributed by atoms with Crippen molar-refractivity contribution in [3.05, 3.63) is 59.9 Å². The van der Waals surface area contributed by atoms with Crippen molar-refractivity contribution in [3.63, 3.8) is 0 Å². The summed E-state index contributed by atoms with van der Waals surface area (Å²) >= 11 is 0. The van der Waals surface area contributed by atoms with Crippen molar-refractivity contribution in [1.29, 1.82) is 0 Å². The van der Waals surface area contributed by atoms with Gasteiger partial charge in [0.2, 0.25) is 0 Å². The van der Waals surface area contributed by atoms with Gasteiger partial charge in [-0.15, -0.1) is 0 Å². The first-order valence-corrected chi connectivity index (χ1v) is 8.38. The van der Waals surface area contributed by atoms with E-state index in [1.165, 1.54) is 5.69 Å². The molecule has 2 aromatic rings. The van der Waals surface area contributed by atoms with E-state index < -0.39 is 0 Å². The van der Waals surface area contributed by atoms with Crippen molar-refractivity contribution in [2.45, 2.75) is 32.0 Å². The summed E-state index contributed by atoms with van der Waals surface area (Å²) in [5.74, 6) is 0.434. The molecule has 23 heavy (non-hydrogen) atoms. The highest BCUT2D eigenvalue weighted by Gasteiger charge is 2.39. The van der Waals surface area contributed by atoms with Crippen molar-refractivity contribution in [2.24, 2.45) is 5.92 Å². The van der Waals surface area contributed by atoms with Crippen LogP contribution >= 0.6 is 0 Å². The van der Waals surface area contributed by atoms with Crippen LogP contribution < -0.4 is 0 Å². The van der Waals surface area contributed by atoms with Gasteiger partial charge in [-0.1, -0.05) is 37.3 Å². The second-order valence-corrected chi connectivity index (χ2v) is 6.53. The molecule has 1 aromatic heterocycles. The van der Waals surface area contributed by atoms with E-state index in [0.717, 1.165) is 25.1 Å². The van der Waals surface area contributed by atoms with E-state index in [1.807, 2.05) is 23.1 Å². The molecule has 1 amide bonds. The van der Waals surface area contributed by atoms with Crippen LogP contribution in [0.25, 0.3) is 0 Å². The first-order chi connectivity index (χ1) is 11.3. The molecule has 0 saturated carbocycles. The lowest BCUT2D eigenvalue weighted by Gasteiger charge is -2.39. The Morgan fingerprint density at radius 3 is 2.70 bits per heavy atom. The topological polar surface area (TPSA) is 34.5 Å². The molecule has 4 rings (SSSR count). The van der Waals surface area contributed by atoms with Crippen LogP contribution in [-0.2, 0) is 16.1 Å². The normalized spacial score (nSPS) is 27.0. The van der Waals surface area contributed by atoms with E-state index in [4.69, 9.17) is 4.74 Å². The lowest BCUT2D eigenvalue weighted by atomic mass is 9.97. The van der Waals surface area contributed by atoms with E-state index in [1.54, 1.807) is 0 Å². The van der Waals surface area contributed by atoms with Gasteiger partial charge in [-0.3, -0.25) is 4.79 Å². The van der Waals surface area contributed by atoms with Crippen LogP contribution in [0.3, 0.4) is 0 Å². The Morgan fingerprint density at radius 1 is 1.13 bits per heavy atom. The number of hydrogen-bond acceptors (Lipinski definition) is 2. The first-order valence-electron chi connectivity index (χ1n) is 8.38. The molecular weight excluding hydrogens is 288 g/mol. The van der Waals surface area contributed by atoms with Gasteiger partial charge in [-0.2, -0.15) is 0 Å². The number of benzene rings is 1. The second kappa shape index (κ2) is 5.85. The fourth-order valence-electron chi connectivity index (χ4n) is 3.78. The van der Waals surface area contributed by atoms with Crippen molar-refractivity contribution in [2.75, 3.05) is 13.2 Å². The quantitative estimate of drug-likeness (QED) is 0.855. The van der Waals surface area contributed by atoms with E-state index >= 15 is 0 Å². The number of hydrogen-bond donors (Lipinski definition) is 0. The molecule has 0 unspecified atom stereocenters. The van der Waals surface area contributed by atoms with Gasteiger partial charge in [-0.05, 0) is 30.0 Å². The molecule has 0 radical (unpaired) electrons. The SMILES string of the molecule is C[C@@H]1CCO[C@@H]1C(=O)N1CCn2cccc2[C@H]1c1ccccc1. The van der Waals surface area contributed by atoms with E-state index in [0.29, 0.717) is 12.5 Å². The summed E-state index contributed by atoms with van der Waals surface area (Å²) in [6.45, 7) is 4.38. The summed E-state index contributed by atoms with van der Waals surface area (Å²) in [5, 5.41) is 0. The van der Waals surface area contributed by atoms with Crippen molar-refractivity contribution in [1.82, 2.24) is 9.47 Å². The molecule has 4 nitrogen and oxygen atoms in total. The minimum Gasteiger partial charge on any atom is -0.368 e. The summed E-state index contributed by atoms with van der Waals surface area (Å²) in [6, 6.07) is 14.5. The molecule has 0 aliphatic carbocycles. The Kier molecular flexibility index (Phi) is 3.69. The van der Waals surface area contributed by atoms with E-state index in [9.17, 15) is 4.79 Å². The highest BCUT2D eigenvalue weighted by Crippen LogP contribution is 2.34. The smallest absolute Gasteiger partial charge is 0.252 e. The van der Waals surface area contributed by atoms with Crippen LogP contribution in [0.4, 0.5) is 0 Å². The van der Waals surface area contributed by atoms with Crippen molar-refractivity contribution in [3.8, 4) is 0 Å². The molecule has 2 aliphatic rings. The third kappa shape index (κ3) is 2.47. The van der Waals surface area contributed by atoms with Gasteiger partial charge in [0.1, 0.15) is 6.10 Å². The maximum atomic E-state index is 13.1. The number of amides is 1. The van der Waals surface area contributed by atoms with Crippen molar-refractivity contribution < 1.29 is 9.53 Å². The molecule has 3 atom stereocenters. The summed E-state index contributed by atoms with van der Waals surface area (Å²) in [4.78, 5) is 15.1. The Bertz CT molecular complexity index is 694. The first kappa shape index (κ1) is 14.5. The molecular formula is C19H22N2O2. The Balaban J connectivity index is 1.72. The van der Waals surface area contributed by atoms with Gasteiger partial charge in [0, 0.05) is 31.6 Å². The van der Waals surface area contributed by atoms with Crippen LogP contribution in [0.15, 0.2) is 48.7 Å². The molecule has 1 fully saturated rings. The molecule has 0 bridgehead atoms. The molecule has 4 heteroatoms. The Labute approximate surface area is 136 Å². The van der Waals surface area contributed by atoms with Crippen LogP contribution in [0.5, 0.6) is 0 Å². The number of fused-ring (bicyclic) bond motifs is 1. The van der Waals surface area contributed by atoms with Crippen LogP contribution in [0.1, 0.15) is 30.6 Å². The van der Waals surface area contributed by atoms with E-state index in [-0.39, 0.29) is 18.1 Å². The van der Waals surface area contributed by atoms with Gasteiger partial charge in [0.25, 0.3) is 5.91 Å². The average molecular weight is 310 g/mol. The number of rotatable bonds is 2. The summed E-state index contributed by atoms with van der Waals surface area (Å²) in [7, 11) is 0. The molecule has 120 valence electrons. The monoisotopic (exact) mass is 310 g/mol. The van der Waals surface area contributed by atoms with Crippen molar-refractivity contribution >= 4 is 5.91 Å². The Morgan fingerprint density at radius 2 is 1.96 bits per heavy atom. The van der Waals surface area contributed by atoms with E-state index in [2.05, 4.69) is 42.0 Å². The predicted octanol–water partition coefficient (Wildman–Crippen LogP) is 2.84. The molecule has 0 spiro atoms. The van der Waals surface area contributed by atoms with Gasteiger partial charge in [0.15, 0.2) is 0 Å².